The molecule has 0 bridgehead atoms. The summed E-state index contributed by atoms with van der Waals surface area (Å²) < 4.78 is 0. The van der Waals surface area contributed by atoms with Gasteiger partial charge in [0.1, 0.15) is 12.1 Å². The predicted octanol–water partition coefficient (Wildman–Crippen LogP) is 6.57. The number of hydrogen-bond acceptors (Lipinski definition) is 5. The lowest BCUT2D eigenvalue weighted by Crippen LogP contribution is -2.25. The number of fused-ring (bicyclic) bond motifs is 1. The second-order valence-corrected chi connectivity index (χ2v) is 8.62. The van der Waals surface area contributed by atoms with Gasteiger partial charge in [-0.15, -0.1) is 0 Å². The van der Waals surface area contributed by atoms with Gasteiger partial charge in [-0.2, -0.15) is 0 Å². The maximum atomic E-state index is 11.1. The van der Waals surface area contributed by atoms with Crippen LogP contribution in [0.3, 0.4) is 0 Å². The van der Waals surface area contributed by atoms with Crippen LogP contribution in [0.4, 0.5) is 5.82 Å². The number of aromatic nitrogens is 2. The minimum Gasteiger partial charge on any atom is -0.369 e. The van der Waals surface area contributed by atoms with Crippen molar-refractivity contribution in [1.82, 2.24) is 14.9 Å². The monoisotopic (exact) mass is 472 g/mol. The summed E-state index contributed by atoms with van der Waals surface area (Å²) in [5.74, 6) is 1.47. The first-order valence-corrected chi connectivity index (χ1v) is 12.1. The fourth-order valence-electron chi connectivity index (χ4n) is 4.02. The second-order valence-electron chi connectivity index (χ2n) is 8.19. The van der Waals surface area contributed by atoms with Gasteiger partial charge in [-0.3, -0.25) is 4.79 Å². The molecule has 174 valence electrons. The lowest BCUT2D eigenvalue weighted by molar-refractivity contribution is 0.112. The first-order chi connectivity index (χ1) is 16.6. The summed E-state index contributed by atoms with van der Waals surface area (Å²) >= 11 is 6.27. The second kappa shape index (κ2) is 11.2. The molecule has 0 fully saturated rings. The Balaban J connectivity index is 1.61. The molecular weight excluding hydrogens is 444 g/mol. The zero-order chi connectivity index (χ0) is 23.9. The number of hydrogen-bond donors (Lipinski definition) is 1. The molecule has 4 rings (SSSR count). The van der Waals surface area contributed by atoms with Gasteiger partial charge in [0.05, 0.1) is 5.52 Å². The lowest BCUT2D eigenvalue weighted by atomic mass is 10.0. The number of rotatable bonds is 10. The molecule has 0 aliphatic carbocycles. The predicted molar refractivity (Wildman–Crippen MR) is 142 cm³/mol. The molecule has 1 aromatic heterocycles. The Morgan fingerprint density at radius 1 is 0.912 bits per heavy atom. The first-order valence-electron chi connectivity index (χ1n) is 11.7. The largest absolute Gasteiger partial charge is 0.369 e. The van der Waals surface area contributed by atoms with Crippen LogP contribution in [0.15, 0.2) is 66.7 Å². The summed E-state index contributed by atoms with van der Waals surface area (Å²) in [6.07, 6.45) is 1.90. The van der Waals surface area contributed by atoms with Crippen molar-refractivity contribution >= 4 is 34.6 Å². The van der Waals surface area contributed by atoms with E-state index in [1.165, 1.54) is 0 Å². The Labute approximate surface area is 205 Å². The van der Waals surface area contributed by atoms with Gasteiger partial charge in [-0.05, 0) is 61.4 Å². The average molecular weight is 473 g/mol. The number of anilines is 1. The zero-order valence-electron chi connectivity index (χ0n) is 19.6. The highest BCUT2D eigenvalue weighted by Gasteiger charge is 2.11. The summed E-state index contributed by atoms with van der Waals surface area (Å²) in [7, 11) is 0. The van der Waals surface area contributed by atoms with Crippen LogP contribution in [0.5, 0.6) is 0 Å². The van der Waals surface area contributed by atoms with Crippen LogP contribution >= 0.6 is 11.6 Å². The van der Waals surface area contributed by atoms with Crippen molar-refractivity contribution in [3.63, 3.8) is 0 Å². The molecule has 0 aliphatic rings. The van der Waals surface area contributed by atoms with Crippen molar-refractivity contribution < 1.29 is 4.79 Å². The first kappa shape index (κ1) is 23.9. The van der Waals surface area contributed by atoms with Crippen molar-refractivity contribution in [3.8, 4) is 22.5 Å². The number of carbonyl (C=O) groups excluding carboxylic acids is 1. The average Bonchev–Trinajstić information content (AvgIpc) is 2.88. The molecule has 1 heterocycles. The third-order valence-corrected chi connectivity index (χ3v) is 6.23. The van der Waals surface area contributed by atoms with E-state index < -0.39 is 0 Å². The van der Waals surface area contributed by atoms with E-state index in [1.54, 1.807) is 6.07 Å². The quantitative estimate of drug-likeness (QED) is 0.209. The molecule has 0 atom stereocenters. The Kier molecular flexibility index (Phi) is 7.88. The number of aldehydes is 1. The smallest absolute Gasteiger partial charge is 0.162 e. The Hall–Kier alpha value is -3.28. The summed E-state index contributed by atoms with van der Waals surface area (Å²) in [5.41, 5.74) is 4.42. The van der Waals surface area contributed by atoms with Crippen LogP contribution in [0, 0.1) is 0 Å². The molecule has 0 unspecified atom stereocenters. The van der Waals surface area contributed by atoms with Crippen molar-refractivity contribution in [2.45, 2.75) is 20.3 Å². The molecule has 5 nitrogen and oxygen atoms in total. The highest BCUT2D eigenvalue weighted by molar-refractivity contribution is 6.31. The van der Waals surface area contributed by atoms with E-state index in [1.807, 2.05) is 60.7 Å². The highest BCUT2D eigenvalue weighted by atomic mass is 35.5. The van der Waals surface area contributed by atoms with Crippen molar-refractivity contribution in [2.75, 3.05) is 31.5 Å². The Morgan fingerprint density at radius 3 is 2.41 bits per heavy atom. The third-order valence-electron chi connectivity index (χ3n) is 6.00. The van der Waals surface area contributed by atoms with E-state index in [9.17, 15) is 4.79 Å². The summed E-state index contributed by atoms with van der Waals surface area (Å²) in [4.78, 5) is 23.2. The molecule has 0 saturated heterocycles. The van der Waals surface area contributed by atoms with E-state index in [4.69, 9.17) is 21.6 Å². The Bertz CT molecular complexity index is 1270. The Morgan fingerprint density at radius 2 is 1.68 bits per heavy atom. The fourth-order valence-corrected chi connectivity index (χ4v) is 4.19. The topological polar surface area (TPSA) is 58.1 Å². The van der Waals surface area contributed by atoms with Gasteiger partial charge >= 0.3 is 0 Å². The molecule has 0 radical (unpaired) electrons. The minimum absolute atomic E-state index is 0.647. The number of halogens is 1. The van der Waals surface area contributed by atoms with E-state index in [0.29, 0.717) is 16.4 Å². The molecule has 6 heteroatoms. The van der Waals surface area contributed by atoms with Crippen molar-refractivity contribution in [1.29, 1.82) is 0 Å². The van der Waals surface area contributed by atoms with Crippen molar-refractivity contribution in [2.24, 2.45) is 0 Å². The van der Waals surface area contributed by atoms with Gasteiger partial charge in [-0.25, -0.2) is 9.97 Å². The zero-order valence-corrected chi connectivity index (χ0v) is 20.3. The molecule has 34 heavy (non-hydrogen) atoms. The van der Waals surface area contributed by atoms with Crippen LogP contribution in [0.2, 0.25) is 5.02 Å². The molecule has 4 aromatic rings. The number of nitrogens with zero attached hydrogens (tertiary/aromatic N) is 3. The summed E-state index contributed by atoms with van der Waals surface area (Å²) in [6.45, 7) is 8.38. The van der Waals surface area contributed by atoms with E-state index in [2.05, 4.69) is 24.1 Å². The third kappa shape index (κ3) is 5.61. The van der Waals surface area contributed by atoms with Crippen LogP contribution in [-0.2, 0) is 0 Å². The molecule has 0 spiro atoms. The summed E-state index contributed by atoms with van der Waals surface area (Å²) in [5, 5.41) is 5.12. The number of carbonyl (C=O) groups is 1. The van der Waals surface area contributed by atoms with Gasteiger partial charge in [0, 0.05) is 28.1 Å². The standard InChI is InChI=1S/C28H29ClN4O/c1-3-33(4-2)16-6-15-30-28-25-14-13-24(29)18-26(25)31-27(32-28)22-11-9-21(10-12-22)23-8-5-7-20(17-23)19-34/h5,7-14,17-19H,3-4,6,15-16H2,1-2H3,(H,30,31,32). The van der Waals surface area contributed by atoms with Gasteiger partial charge in [0.15, 0.2) is 5.82 Å². The minimum atomic E-state index is 0.647. The molecule has 3 aromatic carbocycles. The molecule has 0 amide bonds. The maximum absolute atomic E-state index is 11.1. The lowest BCUT2D eigenvalue weighted by Gasteiger charge is -2.18. The van der Waals surface area contributed by atoms with Crippen LogP contribution in [0.25, 0.3) is 33.4 Å². The van der Waals surface area contributed by atoms with Crippen LogP contribution in [0.1, 0.15) is 30.6 Å². The summed E-state index contributed by atoms with van der Waals surface area (Å²) in [6, 6.07) is 21.4. The highest BCUT2D eigenvalue weighted by Crippen LogP contribution is 2.29. The van der Waals surface area contributed by atoms with Crippen LogP contribution in [-0.4, -0.2) is 47.3 Å². The number of nitrogens with one attached hydrogen (secondary N) is 1. The maximum Gasteiger partial charge on any atom is 0.162 e. The normalized spacial score (nSPS) is 11.2. The van der Waals surface area contributed by atoms with E-state index in [0.717, 1.165) is 72.3 Å². The van der Waals surface area contributed by atoms with E-state index in [-0.39, 0.29) is 0 Å². The van der Waals surface area contributed by atoms with Crippen molar-refractivity contribution in [3.05, 3.63) is 77.3 Å². The van der Waals surface area contributed by atoms with Gasteiger partial charge in [0.2, 0.25) is 0 Å². The number of benzene rings is 3. The van der Waals surface area contributed by atoms with Crippen LogP contribution < -0.4 is 5.32 Å². The molecule has 0 aliphatic heterocycles. The molecule has 0 saturated carbocycles. The van der Waals surface area contributed by atoms with Gasteiger partial charge in [-0.1, -0.05) is 67.9 Å². The fraction of sp³-hybridized carbons (Fsp3) is 0.250. The van der Waals surface area contributed by atoms with E-state index >= 15 is 0 Å². The van der Waals surface area contributed by atoms with Gasteiger partial charge < -0.3 is 10.2 Å². The molecule has 1 N–H and O–H groups in total. The molecular formula is C28H29ClN4O. The SMILES string of the molecule is CCN(CC)CCCNc1nc(-c2ccc(-c3cccc(C=O)c3)cc2)nc2cc(Cl)ccc12. The van der Waals surface area contributed by atoms with Gasteiger partial charge in [0.25, 0.3) is 0 Å².